The van der Waals surface area contributed by atoms with Crippen molar-refractivity contribution in [2.24, 2.45) is 0 Å². The van der Waals surface area contributed by atoms with Gasteiger partial charge in [0.05, 0.1) is 11.8 Å². The molecule has 4 rings (SSSR count). The fraction of sp³-hybridized carbons (Fsp3) is 0. The van der Waals surface area contributed by atoms with Crippen molar-refractivity contribution in [1.29, 1.82) is 0 Å². The number of hydrogen-bond acceptors (Lipinski definition) is 5. The molecule has 0 fully saturated rings. The smallest absolute Gasteiger partial charge is 0.232 e. The number of H-pyrrole nitrogens is 1. The molecule has 0 aromatic carbocycles. The highest BCUT2D eigenvalue weighted by molar-refractivity contribution is 5.88. The number of hydrogen-bond donors (Lipinski definition) is 2. The largest absolute Gasteiger partial charge is 0.381 e. The van der Waals surface area contributed by atoms with Crippen LogP contribution >= 0.6 is 0 Å². The first-order valence-corrected chi connectivity index (χ1v) is 6.60. The van der Waals surface area contributed by atoms with E-state index in [0.29, 0.717) is 11.2 Å². The van der Waals surface area contributed by atoms with Crippen molar-refractivity contribution in [3.63, 3.8) is 0 Å². The zero-order valence-electron chi connectivity index (χ0n) is 11.5. The number of rotatable bonds is 2. The van der Waals surface area contributed by atoms with E-state index in [4.69, 9.17) is 5.73 Å². The second-order valence-electron chi connectivity index (χ2n) is 4.75. The van der Waals surface area contributed by atoms with Gasteiger partial charge in [-0.1, -0.05) is 0 Å². The van der Waals surface area contributed by atoms with E-state index in [0.717, 1.165) is 6.20 Å². The monoisotopic (exact) mass is 313 g/mol. The van der Waals surface area contributed by atoms with Crippen molar-refractivity contribution in [3.8, 4) is 17.2 Å². The molecule has 4 aromatic heterocycles. The molecule has 7 nitrogen and oxygen atoms in total. The number of nitrogen functional groups attached to an aromatic ring is 1. The zero-order chi connectivity index (χ0) is 16.0. The number of fused-ring (bicyclic) bond motifs is 1. The van der Waals surface area contributed by atoms with Gasteiger partial charge in [0.2, 0.25) is 11.8 Å². The number of anilines is 1. The summed E-state index contributed by atoms with van der Waals surface area (Å²) in [6.07, 6.45) is 5.77. The molecule has 0 aliphatic rings. The van der Waals surface area contributed by atoms with E-state index in [1.807, 2.05) is 0 Å². The van der Waals surface area contributed by atoms with Gasteiger partial charge in [-0.15, -0.1) is 0 Å². The molecular weight excluding hydrogens is 304 g/mol. The van der Waals surface area contributed by atoms with Gasteiger partial charge >= 0.3 is 0 Å². The molecule has 0 amide bonds. The molecule has 4 aromatic rings. The van der Waals surface area contributed by atoms with Gasteiger partial charge < -0.3 is 15.3 Å². The van der Waals surface area contributed by atoms with Gasteiger partial charge in [-0.05, 0) is 12.1 Å². The molecule has 4 heterocycles. The van der Waals surface area contributed by atoms with Gasteiger partial charge in [0.25, 0.3) is 0 Å². The van der Waals surface area contributed by atoms with Gasteiger partial charge in [-0.3, -0.25) is 0 Å². The van der Waals surface area contributed by atoms with Crippen LogP contribution in [0.25, 0.3) is 28.4 Å². The summed E-state index contributed by atoms with van der Waals surface area (Å²) < 4.78 is 29.0. The summed E-state index contributed by atoms with van der Waals surface area (Å²) in [4.78, 5) is 18.6. The topological polar surface area (TPSA) is 98.3 Å². The lowest BCUT2D eigenvalue weighted by Crippen LogP contribution is -2.07. The number of nitrogens with one attached hydrogen (secondary N) is 1. The zero-order valence-corrected chi connectivity index (χ0v) is 11.5. The van der Waals surface area contributed by atoms with Crippen molar-refractivity contribution in [2.45, 2.75) is 0 Å². The van der Waals surface area contributed by atoms with E-state index in [1.54, 1.807) is 24.5 Å². The molecule has 0 radical (unpaired) electrons. The van der Waals surface area contributed by atoms with Crippen molar-refractivity contribution >= 4 is 17.0 Å². The van der Waals surface area contributed by atoms with Crippen molar-refractivity contribution in [3.05, 3.63) is 48.7 Å². The summed E-state index contributed by atoms with van der Waals surface area (Å²) in [5.41, 5.74) is 6.65. The molecule has 114 valence electrons. The van der Waals surface area contributed by atoms with E-state index in [-0.39, 0.29) is 23.0 Å². The lowest BCUT2D eigenvalue weighted by molar-refractivity contribution is 0.583. The Labute approximate surface area is 127 Å². The molecule has 0 saturated carbocycles. The third kappa shape index (κ3) is 2.09. The van der Waals surface area contributed by atoms with E-state index < -0.39 is 11.8 Å². The quantitative estimate of drug-likeness (QED) is 0.590. The normalized spacial score (nSPS) is 11.2. The Hall–Kier alpha value is -3.36. The van der Waals surface area contributed by atoms with Gasteiger partial charge in [0.15, 0.2) is 23.1 Å². The SMILES string of the molecule is Nc1nc(-c2c[nH]c3ncc(F)nc23)nc(-n2cccc2)c1F. The Bertz CT molecular complexity index is 1010. The maximum absolute atomic E-state index is 14.2. The van der Waals surface area contributed by atoms with Crippen LogP contribution in [-0.2, 0) is 0 Å². The van der Waals surface area contributed by atoms with Crippen molar-refractivity contribution in [1.82, 2.24) is 29.5 Å². The molecule has 0 bridgehead atoms. The molecule has 3 N–H and O–H groups in total. The summed E-state index contributed by atoms with van der Waals surface area (Å²) in [6.45, 7) is 0. The molecule has 0 unspecified atom stereocenters. The Morgan fingerprint density at radius 3 is 2.65 bits per heavy atom. The third-order valence-electron chi connectivity index (χ3n) is 3.30. The van der Waals surface area contributed by atoms with Gasteiger partial charge in [0, 0.05) is 18.6 Å². The average molecular weight is 313 g/mol. The van der Waals surface area contributed by atoms with Crippen LogP contribution in [-0.4, -0.2) is 29.5 Å². The maximum atomic E-state index is 14.2. The van der Waals surface area contributed by atoms with E-state index in [9.17, 15) is 8.78 Å². The molecule has 9 heteroatoms. The first-order chi connectivity index (χ1) is 11.1. The number of nitrogens with zero attached hydrogens (tertiary/aromatic N) is 5. The lowest BCUT2D eigenvalue weighted by Gasteiger charge is -2.08. The molecule has 23 heavy (non-hydrogen) atoms. The fourth-order valence-electron chi connectivity index (χ4n) is 2.26. The minimum absolute atomic E-state index is 0.00351. The van der Waals surface area contributed by atoms with Crippen LogP contribution in [0, 0.1) is 11.8 Å². The molecule has 0 spiro atoms. The molecule has 0 atom stereocenters. The van der Waals surface area contributed by atoms with Crippen molar-refractivity contribution in [2.75, 3.05) is 5.73 Å². The molecule has 0 aliphatic heterocycles. The van der Waals surface area contributed by atoms with Gasteiger partial charge in [-0.2, -0.15) is 8.78 Å². The fourth-order valence-corrected chi connectivity index (χ4v) is 2.26. The second-order valence-corrected chi connectivity index (χ2v) is 4.75. The second kappa shape index (κ2) is 4.83. The summed E-state index contributed by atoms with van der Waals surface area (Å²) in [5, 5.41) is 0. The predicted molar refractivity (Wildman–Crippen MR) is 78.6 cm³/mol. The highest BCUT2D eigenvalue weighted by Gasteiger charge is 2.18. The lowest BCUT2D eigenvalue weighted by atomic mass is 10.2. The Kier molecular flexibility index (Phi) is 2.80. The van der Waals surface area contributed by atoms with Crippen LogP contribution in [0.3, 0.4) is 0 Å². The van der Waals surface area contributed by atoms with E-state index in [1.165, 1.54) is 10.8 Å². The average Bonchev–Trinajstić information content (AvgIpc) is 3.19. The Morgan fingerprint density at radius 2 is 1.87 bits per heavy atom. The minimum Gasteiger partial charge on any atom is -0.381 e. The minimum atomic E-state index is -0.737. The molecule has 0 aliphatic carbocycles. The predicted octanol–water partition coefficient (Wildman–Crippen LogP) is 2.07. The van der Waals surface area contributed by atoms with Gasteiger partial charge in [-0.25, -0.2) is 19.9 Å². The first-order valence-electron chi connectivity index (χ1n) is 6.60. The number of aromatic amines is 1. The maximum Gasteiger partial charge on any atom is 0.232 e. The first kappa shape index (κ1) is 13.3. The van der Waals surface area contributed by atoms with Crippen LogP contribution in [0.4, 0.5) is 14.6 Å². The van der Waals surface area contributed by atoms with Gasteiger partial charge in [0.1, 0.15) is 5.52 Å². The van der Waals surface area contributed by atoms with Crippen LogP contribution in [0.1, 0.15) is 0 Å². The number of halogens is 2. The van der Waals surface area contributed by atoms with Crippen LogP contribution in [0.2, 0.25) is 0 Å². The van der Waals surface area contributed by atoms with E-state index in [2.05, 4.69) is 24.9 Å². The van der Waals surface area contributed by atoms with Crippen LogP contribution in [0.15, 0.2) is 36.9 Å². The summed E-state index contributed by atoms with van der Waals surface area (Å²) in [6, 6.07) is 3.45. The number of aromatic nitrogens is 6. The third-order valence-corrected chi connectivity index (χ3v) is 3.30. The van der Waals surface area contributed by atoms with Crippen LogP contribution < -0.4 is 5.73 Å². The van der Waals surface area contributed by atoms with E-state index >= 15 is 0 Å². The highest BCUT2D eigenvalue weighted by Crippen LogP contribution is 2.26. The highest BCUT2D eigenvalue weighted by atomic mass is 19.1. The molecular formula is C14H9F2N7. The summed E-state index contributed by atoms with van der Waals surface area (Å²) in [7, 11) is 0. The van der Waals surface area contributed by atoms with Crippen molar-refractivity contribution < 1.29 is 8.78 Å². The Morgan fingerprint density at radius 1 is 1.09 bits per heavy atom. The molecule has 0 saturated heterocycles. The Balaban J connectivity index is 1.97. The summed E-state index contributed by atoms with van der Waals surface area (Å²) in [5.74, 6) is -1.66. The summed E-state index contributed by atoms with van der Waals surface area (Å²) >= 11 is 0. The van der Waals surface area contributed by atoms with Crippen LogP contribution in [0.5, 0.6) is 0 Å². The standard InChI is InChI=1S/C14H9F2N7/c15-8-6-19-13-10(20-8)7(5-18-13)12-21-11(17)9(16)14(22-12)23-3-1-2-4-23/h1-6H,(H,18,19)(H2,17,21,22). The number of nitrogens with two attached hydrogens (primary N) is 1.